The van der Waals surface area contributed by atoms with Crippen LogP contribution in [0.25, 0.3) is 0 Å². The van der Waals surface area contributed by atoms with Gasteiger partial charge < -0.3 is 19.8 Å². The van der Waals surface area contributed by atoms with Crippen LogP contribution in [-0.4, -0.2) is 18.4 Å². The summed E-state index contributed by atoms with van der Waals surface area (Å²) >= 11 is 0. The lowest BCUT2D eigenvalue weighted by Crippen LogP contribution is -2.22. The van der Waals surface area contributed by atoms with E-state index in [0.717, 1.165) is 12.8 Å². The monoisotopic (exact) mass is 392 g/mol. The number of carbonyl (C=O) groups is 2. The molecule has 0 saturated heterocycles. The average molecular weight is 392 g/mol. The number of hydrogen-bond donors (Lipinski definition) is 2. The van der Waals surface area contributed by atoms with Crippen LogP contribution in [0.1, 0.15) is 46.2 Å². The summed E-state index contributed by atoms with van der Waals surface area (Å²) in [5, 5.41) is 5.61. The number of carbonyl (C=O) groups excluding carboxylic acids is 2. The van der Waals surface area contributed by atoms with Crippen molar-refractivity contribution in [3.8, 4) is 5.75 Å². The van der Waals surface area contributed by atoms with Gasteiger partial charge in [-0.25, -0.2) is 0 Å². The number of ether oxygens (including phenoxy) is 1. The van der Waals surface area contributed by atoms with Crippen LogP contribution >= 0.6 is 0 Å². The number of benzene rings is 2. The molecule has 0 unspecified atom stereocenters. The molecule has 0 saturated carbocycles. The van der Waals surface area contributed by atoms with Crippen molar-refractivity contribution in [1.82, 2.24) is 5.32 Å². The van der Waals surface area contributed by atoms with Crippen LogP contribution < -0.4 is 15.4 Å². The van der Waals surface area contributed by atoms with E-state index in [0.29, 0.717) is 41.5 Å². The fraction of sp³-hybridized carbons (Fsp3) is 0.217. The van der Waals surface area contributed by atoms with E-state index in [1.165, 1.54) is 0 Å². The van der Waals surface area contributed by atoms with Gasteiger partial charge in [-0.05, 0) is 55.0 Å². The van der Waals surface area contributed by atoms with Crippen molar-refractivity contribution in [2.24, 2.45) is 0 Å². The molecule has 0 atom stereocenters. The summed E-state index contributed by atoms with van der Waals surface area (Å²) in [5.41, 5.74) is 1.48. The normalized spacial score (nSPS) is 10.4. The molecular weight excluding hydrogens is 368 g/mol. The minimum absolute atomic E-state index is 0.246. The highest BCUT2D eigenvalue weighted by Gasteiger charge is 2.10. The second kappa shape index (κ2) is 10.1. The standard InChI is InChI=1S/C23H24N2O4/c1-2-3-12-28-20-10-5-8-18(15-20)23(27)25-19-9-4-7-17(14-19)22(26)24-16-21-11-6-13-29-21/h4-11,13-15H,2-3,12,16H2,1H3,(H,24,26)(H,25,27). The Morgan fingerprint density at radius 3 is 2.52 bits per heavy atom. The molecule has 1 heterocycles. The Morgan fingerprint density at radius 2 is 1.76 bits per heavy atom. The Balaban J connectivity index is 1.61. The topological polar surface area (TPSA) is 80.6 Å². The molecule has 0 spiro atoms. The van der Waals surface area contributed by atoms with Gasteiger partial charge in [0.1, 0.15) is 11.5 Å². The van der Waals surface area contributed by atoms with Crippen molar-refractivity contribution in [2.45, 2.75) is 26.3 Å². The van der Waals surface area contributed by atoms with E-state index >= 15 is 0 Å². The Labute approximate surface area is 169 Å². The molecule has 2 amide bonds. The summed E-state index contributed by atoms with van der Waals surface area (Å²) in [7, 11) is 0. The Morgan fingerprint density at radius 1 is 0.966 bits per heavy atom. The zero-order chi connectivity index (χ0) is 20.5. The van der Waals surface area contributed by atoms with E-state index in [-0.39, 0.29) is 11.8 Å². The first-order valence-corrected chi connectivity index (χ1v) is 9.60. The summed E-state index contributed by atoms with van der Waals surface area (Å²) in [6, 6.07) is 17.4. The van der Waals surface area contributed by atoms with Gasteiger partial charge in [0.15, 0.2) is 0 Å². The number of rotatable bonds is 9. The maximum Gasteiger partial charge on any atom is 0.255 e. The Kier molecular flexibility index (Phi) is 7.05. The van der Waals surface area contributed by atoms with Gasteiger partial charge in [-0.1, -0.05) is 25.5 Å². The first kappa shape index (κ1) is 20.2. The van der Waals surface area contributed by atoms with Gasteiger partial charge in [0.05, 0.1) is 19.4 Å². The van der Waals surface area contributed by atoms with Crippen LogP contribution in [0.3, 0.4) is 0 Å². The first-order chi connectivity index (χ1) is 14.2. The molecule has 0 bridgehead atoms. The fourth-order valence-electron chi connectivity index (χ4n) is 2.69. The van der Waals surface area contributed by atoms with Crippen LogP contribution in [0.2, 0.25) is 0 Å². The van der Waals surface area contributed by atoms with E-state index in [9.17, 15) is 9.59 Å². The summed E-state index contributed by atoms with van der Waals surface area (Å²) in [6.45, 7) is 3.02. The van der Waals surface area contributed by atoms with E-state index in [1.807, 2.05) is 6.07 Å². The van der Waals surface area contributed by atoms with Crippen LogP contribution in [0.15, 0.2) is 71.3 Å². The minimum atomic E-state index is -0.265. The Hall–Kier alpha value is -3.54. The largest absolute Gasteiger partial charge is 0.494 e. The van der Waals surface area contributed by atoms with E-state index in [4.69, 9.17) is 9.15 Å². The molecular formula is C23H24N2O4. The van der Waals surface area contributed by atoms with Gasteiger partial charge in [-0.15, -0.1) is 0 Å². The van der Waals surface area contributed by atoms with Crippen molar-refractivity contribution in [3.05, 3.63) is 83.8 Å². The molecule has 0 radical (unpaired) electrons. The quantitative estimate of drug-likeness (QED) is 0.520. The third-order valence-electron chi connectivity index (χ3n) is 4.25. The lowest BCUT2D eigenvalue weighted by molar-refractivity contribution is 0.0946. The molecule has 2 N–H and O–H groups in total. The summed E-state index contributed by atoms with van der Waals surface area (Å²) in [5.74, 6) is 0.823. The van der Waals surface area contributed by atoms with Crippen molar-refractivity contribution in [2.75, 3.05) is 11.9 Å². The van der Waals surface area contributed by atoms with Gasteiger partial charge in [-0.3, -0.25) is 9.59 Å². The first-order valence-electron chi connectivity index (χ1n) is 9.60. The molecule has 6 nitrogen and oxygen atoms in total. The highest BCUT2D eigenvalue weighted by Crippen LogP contribution is 2.17. The molecule has 3 aromatic rings. The molecule has 3 rings (SSSR count). The van der Waals surface area contributed by atoms with Crippen LogP contribution in [0.4, 0.5) is 5.69 Å². The second-order valence-electron chi connectivity index (χ2n) is 6.53. The van der Waals surface area contributed by atoms with Crippen molar-refractivity contribution < 1.29 is 18.7 Å². The zero-order valence-corrected chi connectivity index (χ0v) is 16.3. The number of unbranched alkanes of at least 4 members (excludes halogenated alkanes) is 1. The molecule has 29 heavy (non-hydrogen) atoms. The SMILES string of the molecule is CCCCOc1cccc(C(=O)Nc2cccc(C(=O)NCc3ccco3)c2)c1. The maximum atomic E-state index is 12.6. The minimum Gasteiger partial charge on any atom is -0.494 e. The summed E-state index contributed by atoms with van der Waals surface area (Å²) in [6.07, 6.45) is 3.57. The van der Waals surface area contributed by atoms with E-state index < -0.39 is 0 Å². The van der Waals surface area contributed by atoms with Gasteiger partial charge in [-0.2, -0.15) is 0 Å². The average Bonchev–Trinajstić information content (AvgIpc) is 3.26. The zero-order valence-electron chi connectivity index (χ0n) is 16.3. The van der Waals surface area contributed by atoms with Gasteiger partial charge in [0.2, 0.25) is 0 Å². The number of furan rings is 1. The smallest absolute Gasteiger partial charge is 0.255 e. The van der Waals surface area contributed by atoms with E-state index in [1.54, 1.807) is 60.9 Å². The van der Waals surface area contributed by atoms with Crippen LogP contribution in [-0.2, 0) is 6.54 Å². The highest BCUT2D eigenvalue weighted by molar-refractivity contribution is 6.05. The molecule has 2 aromatic carbocycles. The highest BCUT2D eigenvalue weighted by atomic mass is 16.5. The van der Waals surface area contributed by atoms with Crippen molar-refractivity contribution in [1.29, 1.82) is 0 Å². The van der Waals surface area contributed by atoms with Crippen LogP contribution in [0, 0.1) is 0 Å². The Bertz CT molecular complexity index is 951. The number of anilines is 1. The van der Waals surface area contributed by atoms with Crippen molar-refractivity contribution >= 4 is 17.5 Å². The molecule has 1 aromatic heterocycles. The molecule has 0 aliphatic rings. The maximum absolute atomic E-state index is 12.6. The molecule has 150 valence electrons. The summed E-state index contributed by atoms with van der Waals surface area (Å²) < 4.78 is 10.9. The van der Waals surface area contributed by atoms with E-state index in [2.05, 4.69) is 17.6 Å². The van der Waals surface area contributed by atoms with Crippen LogP contribution in [0.5, 0.6) is 5.75 Å². The predicted octanol–water partition coefficient (Wildman–Crippen LogP) is 4.64. The lowest BCUT2D eigenvalue weighted by atomic mass is 10.1. The number of nitrogens with one attached hydrogen (secondary N) is 2. The second-order valence-corrected chi connectivity index (χ2v) is 6.53. The summed E-state index contributed by atoms with van der Waals surface area (Å²) in [4.78, 5) is 24.9. The molecule has 0 aliphatic carbocycles. The van der Waals surface area contributed by atoms with Gasteiger partial charge in [0.25, 0.3) is 11.8 Å². The van der Waals surface area contributed by atoms with Gasteiger partial charge >= 0.3 is 0 Å². The molecule has 0 fully saturated rings. The fourth-order valence-corrected chi connectivity index (χ4v) is 2.69. The number of amides is 2. The molecule has 6 heteroatoms. The third kappa shape index (κ3) is 5.97. The van der Waals surface area contributed by atoms with Gasteiger partial charge in [0, 0.05) is 16.8 Å². The predicted molar refractivity (Wildman–Crippen MR) is 111 cm³/mol. The third-order valence-corrected chi connectivity index (χ3v) is 4.25. The number of hydrogen-bond acceptors (Lipinski definition) is 4. The molecule has 0 aliphatic heterocycles. The van der Waals surface area contributed by atoms with Crippen molar-refractivity contribution in [3.63, 3.8) is 0 Å². The lowest BCUT2D eigenvalue weighted by Gasteiger charge is -2.10.